The van der Waals surface area contributed by atoms with Gasteiger partial charge in [0.25, 0.3) is 10.0 Å². The quantitative estimate of drug-likeness (QED) is 0.497. The summed E-state index contributed by atoms with van der Waals surface area (Å²) in [4.78, 5) is 24.5. The standard InChI is InChI=1S/C22H27BrN2O6S/c1-5-30-20(26)19(24-21(27)31-22(2,3)4)14-15-6-10-17(11-7-15)25-32(28,29)18-12-8-16(23)9-13-18/h6-13,19,25H,5,14H2,1-4H3,(H,24,27)/t19-/m0/s1. The predicted molar refractivity (Wildman–Crippen MR) is 125 cm³/mol. The van der Waals surface area contributed by atoms with E-state index in [9.17, 15) is 18.0 Å². The van der Waals surface area contributed by atoms with Crippen LogP contribution >= 0.6 is 15.9 Å². The number of amides is 1. The summed E-state index contributed by atoms with van der Waals surface area (Å²) in [6.07, 6.45) is -0.577. The SMILES string of the molecule is CCOC(=O)[C@H](Cc1ccc(NS(=O)(=O)c2ccc(Br)cc2)cc1)NC(=O)OC(C)(C)C. The van der Waals surface area contributed by atoms with Crippen molar-refractivity contribution in [3.63, 3.8) is 0 Å². The molecule has 0 aliphatic rings. The highest BCUT2D eigenvalue weighted by atomic mass is 79.9. The van der Waals surface area contributed by atoms with Gasteiger partial charge in [-0.1, -0.05) is 28.1 Å². The lowest BCUT2D eigenvalue weighted by Crippen LogP contribution is -2.45. The normalized spacial score (nSPS) is 12.5. The first-order valence-electron chi connectivity index (χ1n) is 9.93. The van der Waals surface area contributed by atoms with Crippen molar-refractivity contribution in [2.24, 2.45) is 0 Å². The first-order chi connectivity index (χ1) is 14.9. The van der Waals surface area contributed by atoms with Crippen LogP contribution in [0.2, 0.25) is 0 Å². The van der Waals surface area contributed by atoms with E-state index in [1.807, 2.05) is 0 Å². The summed E-state index contributed by atoms with van der Waals surface area (Å²) in [5, 5.41) is 2.53. The Balaban J connectivity index is 2.10. The number of hydrogen-bond acceptors (Lipinski definition) is 6. The summed E-state index contributed by atoms with van der Waals surface area (Å²) >= 11 is 3.27. The second-order valence-corrected chi connectivity index (χ2v) is 10.5. The van der Waals surface area contributed by atoms with Crippen LogP contribution in [0.3, 0.4) is 0 Å². The van der Waals surface area contributed by atoms with Crippen LogP contribution in [-0.4, -0.2) is 38.7 Å². The Hall–Kier alpha value is -2.59. The van der Waals surface area contributed by atoms with Crippen LogP contribution in [0.1, 0.15) is 33.3 Å². The minimum absolute atomic E-state index is 0.133. The zero-order valence-corrected chi connectivity index (χ0v) is 20.7. The molecule has 10 heteroatoms. The molecule has 2 N–H and O–H groups in total. The highest BCUT2D eigenvalue weighted by Gasteiger charge is 2.25. The summed E-state index contributed by atoms with van der Waals surface area (Å²) in [6.45, 7) is 7.01. The van der Waals surface area contributed by atoms with E-state index in [1.54, 1.807) is 64.1 Å². The lowest BCUT2D eigenvalue weighted by molar-refractivity contribution is -0.145. The average molecular weight is 527 g/mol. The van der Waals surface area contributed by atoms with E-state index in [4.69, 9.17) is 9.47 Å². The lowest BCUT2D eigenvalue weighted by atomic mass is 10.1. The Morgan fingerprint density at radius 3 is 2.16 bits per heavy atom. The van der Waals surface area contributed by atoms with Crippen molar-refractivity contribution in [2.75, 3.05) is 11.3 Å². The number of ether oxygens (including phenoxy) is 2. The van der Waals surface area contributed by atoms with E-state index in [1.165, 1.54) is 12.1 Å². The third-order valence-corrected chi connectivity index (χ3v) is 5.96. The molecule has 0 fully saturated rings. The summed E-state index contributed by atoms with van der Waals surface area (Å²) in [6, 6.07) is 11.8. The van der Waals surface area contributed by atoms with Crippen LogP contribution in [0.15, 0.2) is 57.9 Å². The van der Waals surface area contributed by atoms with E-state index in [2.05, 4.69) is 26.0 Å². The Bertz CT molecular complexity index is 1030. The monoisotopic (exact) mass is 526 g/mol. The highest BCUT2D eigenvalue weighted by Crippen LogP contribution is 2.19. The molecule has 2 rings (SSSR count). The molecule has 0 spiro atoms. The maximum Gasteiger partial charge on any atom is 0.408 e. The Labute approximate surface area is 196 Å². The highest BCUT2D eigenvalue weighted by molar-refractivity contribution is 9.10. The largest absolute Gasteiger partial charge is 0.464 e. The molecule has 2 aromatic carbocycles. The number of anilines is 1. The van der Waals surface area contributed by atoms with Gasteiger partial charge >= 0.3 is 12.1 Å². The number of esters is 1. The molecule has 1 atom stereocenters. The van der Waals surface area contributed by atoms with Crippen molar-refractivity contribution < 1.29 is 27.5 Å². The Morgan fingerprint density at radius 2 is 1.62 bits per heavy atom. The fourth-order valence-electron chi connectivity index (χ4n) is 2.66. The number of carbonyl (C=O) groups excluding carboxylic acids is 2. The molecule has 2 aromatic rings. The van der Waals surface area contributed by atoms with Crippen molar-refractivity contribution in [2.45, 2.75) is 50.7 Å². The molecule has 0 heterocycles. The second kappa shape index (κ2) is 10.8. The molecular formula is C22H27BrN2O6S. The van der Waals surface area contributed by atoms with Gasteiger partial charge in [0.2, 0.25) is 0 Å². The molecule has 32 heavy (non-hydrogen) atoms. The number of carbonyl (C=O) groups is 2. The zero-order chi connectivity index (χ0) is 23.9. The lowest BCUT2D eigenvalue weighted by Gasteiger charge is -2.23. The first kappa shape index (κ1) is 25.7. The smallest absolute Gasteiger partial charge is 0.408 e. The molecule has 0 aliphatic heterocycles. The van der Waals surface area contributed by atoms with Crippen LogP contribution in [0.4, 0.5) is 10.5 Å². The van der Waals surface area contributed by atoms with E-state index in [0.717, 1.165) is 4.47 Å². The van der Waals surface area contributed by atoms with E-state index >= 15 is 0 Å². The van der Waals surface area contributed by atoms with Gasteiger partial charge in [0.1, 0.15) is 11.6 Å². The topological polar surface area (TPSA) is 111 Å². The fourth-order valence-corrected chi connectivity index (χ4v) is 3.98. The Kier molecular flexibility index (Phi) is 8.68. The third kappa shape index (κ3) is 8.16. The van der Waals surface area contributed by atoms with Crippen LogP contribution in [-0.2, 0) is 30.7 Å². The van der Waals surface area contributed by atoms with Gasteiger partial charge in [-0.3, -0.25) is 4.72 Å². The van der Waals surface area contributed by atoms with Gasteiger partial charge in [-0.15, -0.1) is 0 Å². The third-order valence-electron chi connectivity index (χ3n) is 4.03. The van der Waals surface area contributed by atoms with Crippen molar-refractivity contribution in [3.05, 3.63) is 58.6 Å². The summed E-state index contributed by atoms with van der Waals surface area (Å²) < 4.78 is 38.6. The molecular weight excluding hydrogens is 500 g/mol. The van der Waals surface area contributed by atoms with Crippen LogP contribution in [0.5, 0.6) is 0 Å². The Morgan fingerprint density at radius 1 is 1.03 bits per heavy atom. The second-order valence-electron chi connectivity index (χ2n) is 7.91. The number of hydrogen-bond donors (Lipinski definition) is 2. The molecule has 8 nitrogen and oxygen atoms in total. The molecule has 0 bridgehead atoms. The number of halogens is 1. The molecule has 0 radical (unpaired) electrons. The first-order valence-corrected chi connectivity index (χ1v) is 12.2. The minimum Gasteiger partial charge on any atom is -0.464 e. The number of sulfonamides is 1. The number of benzene rings is 2. The van der Waals surface area contributed by atoms with Gasteiger partial charge in [-0.25, -0.2) is 18.0 Å². The summed E-state index contributed by atoms with van der Waals surface area (Å²) in [7, 11) is -3.74. The van der Waals surface area contributed by atoms with E-state index in [-0.39, 0.29) is 17.9 Å². The van der Waals surface area contributed by atoms with Gasteiger partial charge in [-0.2, -0.15) is 0 Å². The van der Waals surface area contributed by atoms with Crippen molar-refractivity contribution in [3.8, 4) is 0 Å². The van der Waals surface area contributed by atoms with Gasteiger partial charge < -0.3 is 14.8 Å². The molecule has 0 saturated heterocycles. The minimum atomic E-state index is -3.74. The molecule has 174 valence electrons. The summed E-state index contributed by atoms with van der Waals surface area (Å²) in [5.74, 6) is -0.585. The molecule has 0 saturated carbocycles. The maximum atomic E-state index is 12.5. The van der Waals surface area contributed by atoms with Crippen molar-refractivity contribution in [1.29, 1.82) is 0 Å². The van der Waals surface area contributed by atoms with Crippen molar-refractivity contribution >= 4 is 43.7 Å². The van der Waals surface area contributed by atoms with Crippen LogP contribution in [0, 0.1) is 0 Å². The molecule has 0 aromatic heterocycles. The molecule has 0 aliphatic carbocycles. The number of alkyl carbamates (subject to hydrolysis) is 1. The average Bonchev–Trinajstić information content (AvgIpc) is 2.68. The maximum absolute atomic E-state index is 12.5. The number of rotatable bonds is 8. The van der Waals surface area contributed by atoms with Gasteiger partial charge in [0.15, 0.2) is 0 Å². The molecule has 1 amide bonds. The van der Waals surface area contributed by atoms with Gasteiger partial charge in [-0.05, 0) is 69.7 Å². The van der Waals surface area contributed by atoms with Crippen LogP contribution < -0.4 is 10.0 Å². The van der Waals surface area contributed by atoms with E-state index in [0.29, 0.717) is 11.3 Å². The molecule has 0 unspecified atom stereocenters. The zero-order valence-electron chi connectivity index (χ0n) is 18.3. The number of nitrogens with one attached hydrogen (secondary N) is 2. The summed E-state index contributed by atoms with van der Waals surface area (Å²) in [5.41, 5.74) is 0.354. The predicted octanol–water partition coefficient (Wildman–Crippen LogP) is 4.25. The van der Waals surface area contributed by atoms with Gasteiger partial charge in [0.05, 0.1) is 11.5 Å². The van der Waals surface area contributed by atoms with Crippen LogP contribution in [0.25, 0.3) is 0 Å². The fraction of sp³-hybridized carbons (Fsp3) is 0.364. The van der Waals surface area contributed by atoms with E-state index < -0.39 is 33.7 Å². The van der Waals surface area contributed by atoms with Crippen molar-refractivity contribution in [1.82, 2.24) is 5.32 Å². The van der Waals surface area contributed by atoms with Gasteiger partial charge in [0, 0.05) is 16.6 Å².